The summed E-state index contributed by atoms with van der Waals surface area (Å²) in [5, 5.41) is 0. The molecule has 1 rings (SSSR count). The zero-order valence-electron chi connectivity index (χ0n) is 6.25. The Bertz CT molecular complexity index is 156. The van der Waals surface area contributed by atoms with E-state index in [2.05, 4.69) is 4.18 Å². The molecule has 0 aromatic rings. The lowest BCUT2D eigenvalue weighted by molar-refractivity contribution is 0.0406. The van der Waals surface area contributed by atoms with Crippen LogP contribution in [0.1, 0.15) is 32.1 Å². The van der Waals surface area contributed by atoms with Gasteiger partial charge in [-0.1, -0.05) is 6.42 Å². The topological polar surface area (TPSA) is 75.4 Å². The first-order valence-electron chi connectivity index (χ1n) is 3.70. The van der Waals surface area contributed by atoms with Gasteiger partial charge in [-0.15, -0.1) is 0 Å². The Morgan fingerprint density at radius 2 is 1.91 bits per heavy atom. The van der Waals surface area contributed by atoms with Crippen molar-refractivity contribution in [3.63, 3.8) is 0 Å². The van der Waals surface area contributed by atoms with Gasteiger partial charge in [-0.05, 0) is 25.7 Å². The van der Waals surface area contributed by atoms with Crippen molar-refractivity contribution in [2.45, 2.75) is 37.8 Å². The number of hydrogen-bond acceptors (Lipinski definition) is 4. The second kappa shape index (κ2) is 3.62. The van der Waals surface area contributed by atoms with Crippen molar-refractivity contribution in [2.24, 2.45) is 5.73 Å². The normalized spacial score (nSPS) is 26.4. The minimum absolute atomic E-state index is 0.640. The van der Waals surface area contributed by atoms with Gasteiger partial charge in [0, 0.05) is 0 Å². The van der Waals surface area contributed by atoms with E-state index in [1.165, 1.54) is 0 Å². The van der Waals surface area contributed by atoms with E-state index in [1.54, 1.807) is 0 Å². The first kappa shape index (κ1) is 9.12. The van der Waals surface area contributed by atoms with Crippen LogP contribution in [-0.4, -0.2) is 14.5 Å². The lowest BCUT2D eigenvalue weighted by atomic mass is 9.93. The third-order valence-corrected chi connectivity index (χ3v) is 2.40. The highest BCUT2D eigenvalue weighted by Crippen LogP contribution is 2.27. The van der Waals surface area contributed by atoms with Crippen molar-refractivity contribution in [1.29, 1.82) is 0 Å². The monoisotopic (exact) mass is 178 g/mol. The fourth-order valence-corrected chi connectivity index (χ4v) is 1.81. The van der Waals surface area contributed by atoms with Crippen molar-refractivity contribution in [1.82, 2.24) is 0 Å². The maximum atomic E-state index is 10.2. The quantitative estimate of drug-likeness (QED) is 0.491. The van der Waals surface area contributed by atoms with Crippen LogP contribution in [0.15, 0.2) is 0 Å². The first-order valence-corrected chi connectivity index (χ1v) is 4.70. The molecular weight excluding hydrogens is 166 g/mol. The van der Waals surface area contributed by atoms with Crippen molar-refractivity contribution in [2.75, 3.05) is 0 Å². The van der Waals surface area contributed by atoms with Gasteiger partial charge in [0.25, 0.3) is 0 Å². The zero-order valence-corrected chi connectivity index (χ0v) is 7.06. The lowest BCUT2D eigenvalue weighted by Gasteiger charge is -2.32. The van der Waals surface area contributed by atoms with Gasteiger partial charge in [-0.25, -0.2) is 4.21 Å². The highest BCUT2D eigenvalue weighted by atomic mass is 32.2. The van der Waals surface area contributed by atoms with Gasteiger partial charge in [0.15, 0.2) is 0 Å². The van der Waals surface area contributed by atoms with Crippen LogP contribution in [0.3, 0.4) is 0 Å². The van der Waals surface area contributed by atoms with Gasteiger partial charge in [-0.2, -0.15) is 0 Å². The minimum Gasteiger partial charge on any atom is -0.750 e. The summed E-state index contributed by atoms with van der Waals surface area (Å²) >= 11 is -2.48. The van der Waals surface area contributed by atoms with Gasteiger partial charge in [0.05, 0.1) is 11.4 Å². The predicted octanol–water partition coefficient (Wildman–Crippen LogP) is 0.416. The average molecular weight is 178 g/mol. The molecule has 1 aliphatic carbocycles. The van der Waals surface area contributed by atoms with E-state index in [0.29, 0.717) is 12.8 Å². The molecule has 1 aliphatic rings. The maximum absolute atomic E-state index is 10.2. The summed E-state index contributed by atoms with van der Waals surface area (Å²) in [5.41, 5.74) is 4.73. The van der Waals surface area contributed by atoms with E-state index in [0.717, 1.165) is 19.3 Å². The van der Waals surface area contributed by atoms with Gasteiger partial charge in [-0.3, -0.25) is 4.18 Å². The Morgan fingerprint density at radius 1 is 1.36 bits per heavy atom. The molecule has 11 heavy (non-hydrogen) atoms. The molecule has 0 saturated heterocycles. The number of hydrogen-bond donors (Lipinski definition) is 1. The SMILES string of the molecule is NC1(OS(=O)[O-])CCCCC1. The highest BCUT2D eigenvalue weighted by Gasteiger charge is 2.28. The molecule has 0 bridgehead atoms. The van der Waals surface area contributed by atoms with Crippen molar-refractivity contribution in [3.8, 4) is 0 Å². The van der Waals surface area contributed by atoms with E-state index in [9.17, 15) is 8.76 Å². The van der Waals surface area contributed by atoms with E-state index in [4.69, 9.17) is 5.73 Å². The molecule has 0 aromatic carbocycles. The molecule has 1 fully saturated rings. The Labute approximate surface area is 68.6 Å². The highest BCUT2D eigenvalue weighted by molar-refractivity contribution is 7.74. The molecular formula is C6H12NO3S-. The number of rotatable bonds is 2. The first-order chi connectivity index (χ1) is 5.12. The third-order valence-electron chi connectivity index (χ3n) is 1.93. The fraction of sp³-hybridized carbons (Fsp3) is 1.00. The van der Waals surface area contributed by atoms with Gasteiger partial charge in [0.2, 0.25) is 0 Å². The molecule has 4 nitrogen and oxygen atoms in total. The molecule has 0 heterocycles. The second-order valence-electron chi connectivity index (χ2n) is 2.91. The Morgan fingerprint density at radius 3 is 2.36 bits per heavy atom. The maximum Gasteiger partial charge on any atom is 0.132 e. The third kappa shape index (κ3) is 2.86. The lowest BCUT2D eigenvalue weighted by Crippen LogP contribution is -2.44. The van der Waals surface area contributed by atoms with Crippen molar-refractivity contribution >= 4 is 11.4 Å². The summed E-state index contributed by atoms with van der Waals surface area (Å²) in [4.78, 5) is 0. The Hall–Kier alpha value is 0.0300. The molecule has 0 aliphatic heterocycles. The summed E-state index contributed by atoms with van der Waals surface area (Å²) in [5.74, 6) is 0. The standard InChI is InChI=1S/C6H13NO3S/c7-6(10-11(8)9)4-2-1-3-5-6/h1-5,7H2,(H,8,9)/p-1. The summed E-state index contributed by atoms with van der Waals surface area (Å²) in [6.07, 6.45) is 4.30. The molecule has 0 radical (unpaired) electrons. The summed E-state index contributed by atoms with van der Waals surface area (Å²) in [6, 6.07) is 0. The van der Waals surface area contributed by atoms with Crippen LogP contribution in [0.5, 0.6) is 0 Å². The average Bonchev–Trinajstić information content (AvgIpc) is 1.85. The second-order valence-corrected chi connectivity index (χ2v) is 3.49. The van der Waals surface area contributed by atoms with E-state index >= 15 is 0 Å². The molecule has 2 N–H and O–H groups in total. The van der Waals surface area contributed by atoms with Crippen molar-refractivity contribution in [3.05, 3.63) is 0 Å². The van der Waals surface area contributed by atoms with Crippen LogP contribution in [0.25, 0.3) is 0 Å². The van der Waals surface area contributed by atoms with Crippen LogP contribution < -0.4 is 5.73 Å². The number of nitrogens with two attached hydrogens (primary N) is 1. The molecule has 5 heteroatoms. The molecule has 1 unspecified atom stereocenters. The zero-order chi connectivity index (χ0) is 8.32. The largest absolute Gasteiger partial charge is 0.750 e. The Kier molecular flexibility index (Phi) is 3.00. The minimum atomic E-state index is -2.48. The van der Waals surface area contributed by atoms with Gasteiger partial charge in [0.1, 0.15) is 5.72 Å². The van der Waals surface area contributed by atoms with E-state index in [1.807, 2.05) is 0 Å². The van der Waals surface area contributed by atoms with Crippen LogP contribution in [0.4, 0.5) is 0 Å². The van der Waals surface area contributed by atoms with Gasteiger partial charge >= 0.3 is 0 Å². The Balaban J connectivity index is 2.43. The van der Waals surface area contributed by atoms with Crippen molar-refractivity contribution < 1.29 is 12.9 Å². The molecule has 0 amide bonds. The molecule has 66 valence electrons. The van der Waals surface area contributed by atoms with Crippen LogP contribution >= 0.6 is 0 Å². The van der Waals surface area contributed by atoms with E-state index < -0.39 is 17.1 Å². The molecule has 1 atom stereocenters. The van der Waals surface area contributed by atoms with Crippen LogP contribution in [-0.2, 0) is 15.5 Å². The summed E-state index contributed by atoms with van der Waals surface area (Å²) < 4.78 is 24.9. The fourth-order valence-electron chi connectivity index (χ4n) is 1.37. The van der Waals surface area contributed by atoms with E-state index in [-0.39, 0.29) is 0 Å². The molecule has 0 aromatic heterocycles. The van der Waals surface area contributed by atoms with Gasteiger partial charge < -0.3 is 10.3 Å². The summed E-state index contributed by atoms with van der Waals surface area (Å²) in [7, 11) is 0. The summed E-state index contributed by atoms with van der Waals surface area (Å²) in [6.45, 7) is 0. The molecule has 1 saturated carbocycles. The van der Waals surface area contributed by atoms with Crippen LogP contribution in [0.2, 0.25) is 0 Å². The predicted molar refractivity (Wildman–Crippen MR) is 40.0 cm³/mol. The molecule has 0 spiro atoms. The van der Waals surface area contributed by atoms with Crippen LogP contribution in [0, 0.1) is 0 Å². The smallest absolute Gasteiger partial charge is 0.132 e.